The Kier molecular flexibility index (Phi) is 5.31. The molecule has 0 spiro atoms. The highest BCUT2D eigenvalue weighted by Crippen LogP contribution is 2.20. The van der Waals surface area contributed by atoms with Crippen LogP contribution in [-0.2, 0) is 21.7 Å². The quantitative estimate of drug-likeness (QED) is 0.861. The lowest BCUT2D eigenvalue weighted by molar-refractivity contribution is -0.120. The zero-order valence-corrected chi connectivity index (χ0v) is 13.0. The molecule has 3 N–H and O–H groups in total. The summed E-state index contributed by atoms with van der Waals surface area (Å²) >= 11 is 0. The van der Waals surface area contributed by atoms with Crippen molar-refractivity contribution in [1.82, 2.24) is 0 Å². The maximum absolute atomic E-state index is 12.5. The van der Waals surface area contributed by atoms with E-state index in [1.54, 1.807) is 6.92 Å². The van der Waals surface area contributed by atoms with Crippen molar-refractivity contribution < 1.29 is 9.53 Å². The van der Waals surface area contributed by atoms with E-state index in [0.717, 1.165) is 16.8 Å². The van der Waals surface area contributed by atoms with Gasteiger partial charge in [0.2, 0.25) is 5.91 Å². The molecule has 1 unspecified atom stereocenters. The molecule has 0 aliphatic carbocycles. The molecule has 0 bridgehead atoms. The van der Waals surface area contributed by atoms with Crippen molar-refractivity contribution in [1.29, 1.82) is 0 Å². The van der Waals surface area contributed by atoms with Crippen molar-refractivity contribution in [2.75, 3.05) is 11.9 Å². The molecule has 2 aromatic rings. The molecule has 0 heterocycles. The average Bonchev–Trinajstić information content (AvgIpc) is 2.54. The Hall–Kier alpha value is -2.17. The molecule has 22 heavy (non-hydrogen) atoms. The largest absolute Gasteiger partial charge is 0.377 e. The summed E-state index contributed by atoms with van der Waals surface area (Å²) in [4.78, 5) is 12.5. The van der Waals surface area contributed by atoms with Crippen LogP contribution >= 0.6 is 0 Å². The number of benzene rings is 2. The molecule has 4 nitrogen and oxygen atoms in total. The van der Waals surface area contributed by atoms with E-state index in [2.05, 4.69) is 5.32 Å². The minimum atomic E-state index is -1.09. The highest BCUT2D eigenvalue weighted by atomic mass is 16.5. The van der Waals surface area contributed by atoms with Gasteiger partial charge >= 0.3 is 0 Å². The number of nitrogens with two attached hydrogens (primary N) is 1. The van der Waals surface area contributed by atoms with Gasteiger partial charge in [-0.05, 0) is 37.1 Å². The summed E-state index contributed by atoms with van der Waals surface area (Å²) in [6, 6.07) is 16.9. The molecule has 0 aliphatic heterocycles. The maximum atomic E-state index is 12.5. The predicted octanol–water partition coefficient (Wildman–Crippen LogP) is 3.04. The lowest BCUT2D eigenvalue weighted by atomic mass is 9.92. The molecule has 116 valence electrons. The second kappa shape index (κ2) is 7.20. The van der Waals surface area contributed by atoms with Crippen molar-refractivity contribution in [3.05, 3.63) is 65.7 Å². The minimum Gasteiger partial charge on any atom is -0.377 e. The summed E-state index contributed by atoms with van der Waals surface area (Å²) in [6.45, 7) is 4.84. The van der Waals surface area contributed by atoms with Gasteiger partial charge in [0, 0.05) is 12.3 Å². The van der Waals surface area contributed by atoms with Crippen molar-refractivity contribution in [2.45, 2.75) is 26.0 Å². The number of carbonyl (C=O) groups is 1. The Bertz CT molecular complexity index is 624. The Balaban J connectivity index is 2.11. The number of rotatable bonds is 6. The fourth-order valence-electron chi connectivity index (χ4n) is 2.14. The Morgan fingerprint density at radius 3 is 2.59 bits per heavy atom. The van der Waals surface area contributed by atoms with Gasteiger partial charge in [0.15, 0.2) is 0 Å². The summed E-state index contributed by atoms with van der Waals surface area (Å²) in [5.74, 6) is -0.243. The van der Waals surface area contributed by atoms with Crippen molar-refractivity contribution in [3.8, 4) is 0 Å². The Morgan fingerprint density at radius 2 is 1.91 bits per heavy atom. The van der Waals surface area contributed by atoms with Crippen LogP contribution in [0.25, 0.3) is 0 Å². The standard InChI is InChI=1S/C18H22N2O2/c1-3-22-13-14-8-7-11-16(12-14)20-17(21)18(2,19)15-9-5-4-6-10-15/h4-12H,3,13,19H2,1-2H3,(H,20,21). The van der Waals surface area contributed by atoms with Gasteiger partial charge in [0.05, 0.1) is 6.61 Å². The van der Waals surface area contributed by atoms with E-state index < -0.39 is 5.54 Å². The maximum Gasteiger partial charge on any atom is 0.248 e. The van der Waals surface area contributed by atoms with Gasteiger partial charge < -0.3 is 15.8 Å². The Morgan fingerprint density at radius 1 is 1.18 bits per heavy atom. The van der Waals surface area contributed by atoms with E-state index in [-0.39, 0.29) is 5.91 Å². The van der Waals surface area contributed by atoms with Crippen LogP contribution in [0.5, 0.6) is 0 Å². The first-order valence-corrected chi connectivity index (χ1v) is 7.36. The van der Waals surface area contributed by atoms with E-state index in [0.29, 0.717) is 13.2 Å². The molecular weight excluding hydrogens is 276 g/mol. The average molecular weight is 298 g/mol. The molecule has 0 aliphatic rings. The molecule has 0 saturated heterocycles. The van der Waals surface area contributed by atoms with Crippen LogP contribution in [0.1, 0.15) is 25.0 Å². The van der Waals surface area contributed by atoms with E-state index >= 15 is 0 Å². The van der Waals surface area contributed by atoms with E-state index in [9.17, 15) is 4.79 Å². The van der Waals surface area contributed by atoms with Crippen LogP contribution in [0.15, 0.2) is 54.6 Å². The van der Waals surface area contributed by atoms with Crippen LogP contribution in [0.2, 0.25) is 0 Å². The van der Waals surface area contributed by atoms with E-state index in [4.69, 9.17) is 10.5 Å². The first kappa shape index (κ1) is 16.2. The monoisotopic (exact) mass is 298 g/mol. The summed E-state index contributed by atoms with van der Waals surface area (Å²) < 4.78 is 5.38. The van der Waals surface area contributed by atoms with Crippen LogP contribution in [0, 0.1) is 0 Å². The first-order valence-electron chi connectivity index (χ1n) is 7.36. The number of hydrogen-bond donors (Lipinski definition) is 2. The topological polar surface area (TPSA) is 64.3 Å². The molecule has 2 rings (SSSR count). The molecular formula is C18H22N2O2. The summed E-state index contributed by atoms with van der Waals surface area (Å²) in [5, 5.41) is 2.88. The van der Waals surface area contributed by atoms with Crippen LogP contribution in [-0.4, -0.2) is 12.5 Å². The number of carbonyl (C=O) groups excluding carboxylic acids is 1. The molecule has 0 fully saturated rings. The number of ether oxygens (including phenoxy) is 1. The highest BCUT2D eigenvalue weighted by Gasteiger charge is 2.30. The first-order chi connectivity index (χ1) is 10.5. The summed E-state index contributed by atoms with van der Waals surface area (Å²) in [5.41, 5.74) is 7.63. The van der Waals surface area contributed by atoms with E-state index in [1.807, 2.05) is 61.5 Å². The summed E-state index contributed by atoms with van der Waals surface area (Å²) in [6.07, 6.45) is 0. The predicted molar refractivity (Wildman–Crippen MR) is 88.4 cm³/mol. The normalized spacial score (nSPS) is 13.4. The SMILES string of the molecule is CCOCc1cccc(NC(=O)C(C)(N)c2ccccc2)c1. The van der Waals surface area contributed by atoms with Gasteiger partial charge in [0.25, 0.3) is 0 Å². The lowest BCUT2D eigenvalue weighted by Gasteiger charge is -2.24. The molecule has 0 radical (unpaired) electrons. The third-order valence-corrected chi connectivity index (χ3v) is 3.50. The van der Waals surface area contributed by atoms with E-state index in [1.165, 1.54) is 0 Å². The van der Waals surface area contributed by atoms with Gasteiger partial charge in [-0.25, -0.2) is 0 Å². The van der Waals surface area contributed by atoms with Gasteiger partial charge in [-0.15, -0.1) is 0 Å². The van der Waals surface area contributed by atoms with Gasteiger partial charge in [-0.2, -0.15) is 0 Å². The summed E-state index contributed by atoms with van der Waals surface area (Å²) in [7, 11) is 0. The zero-order chi connectivity index (χ0) is 16.0. The number of anilines is 1. The van der Waals surface area contributed by atoms with Crippen LogP contribution in [0.3, 0.4) is 0 Å². The number of hydrogen-bond acceptors (Lipinski definition) is 3. The molecule has 2 aromatic carbocycles. The fraction of sp³-hybridized carbons (Fsp3) is 0.278. The molecule has 0 saturated carbocycles. The number of nitrogens with one attached hydrogen (secondary N) is 1. The van der Waals surface area contributed by atoms with Crippen LogP contribution < -0.4 is 11.1 Å². The van der Waals surface area contributed by atoms with Gasteiger partial charge in [0.1, 0.15) is 5.54 Å². The second-order valence-electron chi connectivity index (χ2n) is 5.36. The van der Waals surface area contributed by atoms with Gasteiger partial charge in [-0.1, -0.05) is 42.5 Å². The molecule has 1 amide bonds. The van der Waals surface area contributed by atoms with Gasteiger partial charge in [-0.3, -0.25) is 4.79 Å². The lowest BCUT2D eigenvalue weighted by Crippen LogP contribution is -2.45. The third kappa shape index (κ3) is 3.93. The minimum absolute atomic E-state index is 0.243. The fourth-order valence-corrected chi connectivity index (χ4v) is 2.14. The highest BCUT2D eigenvalue weighted by molar-refractivity contribution is 5.98. The van der Waals surface area contributed by atoms with Crippen molar-refractivity contribution in [2.24, 2.45) is 5.73 Å². The zero-order valence-electron chi connectivity index (χ0n) is 13.0. The smallest absolute Gasteiger partial charge is 0.248 e. The van der Waals surface area contributed by atoms with Crippen LogP contribution in [0.4, 0.5) is 5.69 Å². The van der Waals surface area contributed by atoms with Crippen molar-refractivity contribution in [3.63, 3.8) is 0 Å². The molecule has 1 atom stereocenters. The number of amides is 1. The van der Waals surface area contributed by atoms with Crippen molar-refractivity contribution >= 4 is 11.6 Å². The second-order valence-corrected chi connectivity index (χ2v) is 5.36. The third-order valence-electron chi connectivity index (χ3n) is 3.50. The Labute approximate surface area is 131 Å². The molecule has 4 heteroatoms. The molecule has 0 aromatic heterocycles.